The van der Waals surface area contributed by atoms with Gasteiger partial charge in [0.1, 0.15) is 0 Å². The summed E-state index contributed by atoms with van der Waals surface area (Å²) in [5.41, 5.74) is 5.32. The fraction of sp³-hybridized carbons (Fsp3) is 0.214. The Labute approximate surface area is 101 Å². The number of aliphatic imine (C=N–C) groups is 1. The molecule has 86 valence electrons. The van der Waals surface area contributed by atoms with E-state index in [1.165, 1.54) is 0 Å². The van der Waals surface area contributed by atoms with Gasteiger partial charge < -0.3 is 10.1 Å². The minimum absolute atomic E-state index is 0.622. The van der Waals surface area contributed by atoms with Crippen molar-refractivity contribution >= 4 is 17.1 Å². The van der Waals surface area contributed by atoms with E-state index in [-0.39, 0.29) is 0 Å². The number of nitrogens with zero attached hydrogens (tertiary/aromatic N) is 1. The van der Waals surface area contributed by atoms with Gasteiger partial charge in [-0.3, -0.25) is 0 Å². The van der Waals surface area contributed by atoms with Gasteiger partial charge in [-0.2, -0.15) is 0 Å². The largest absolute Gasteiger partial charge is 0.380 e. The van der Waals surface area contributed by atoms with Gasteiger partial charge in [0.15, 0.2) is 0 Å². The number of allylic oxidation sites excluding steroid dienone is 3. The predicted octanol–water partition coefficient (Wildman–Crippen LogP) is 3.17. The molecule has 0 saturated carbocycles. The highest BCUT2D eigenvalue weighted by Gasteiger charge is 2.16. The molecular weight excluding hydrogens is 212 g/mol. The molecule has 1 aromatic rings. The van der Waals surface area contributed by atoms with E-state index in [9.17, 15) is 0 Å². The monoisotopic (exact) mass is 226 g/mol. The molecule has 0 fully saturated rings. The van der Waals surface area contributed by atoms with E-state index in [0.717, 1.165) is 34.8 Å². The maximum absolute atomic E-state index is 5.13. The molecule has 17 heavy (non-hydrogen) atoms. The van der Waals surface area contributed by atoms with Crippen LogP contribution in [0.2, 0.25) is 0 Å². The van der Waals surface area contributed by atoms with Gasteiger partial charge in [-0.15, -0.1) is 0 Å². The Hall–Kier alpha value is -1.87. The van der Waals surface area contributed by atoms with Crippen molar-refractivity contribution in [2.45, 2.75) is 13.0 Å². The van der Waals surface area contributed by atoms with E-state index in [2.05, 4.69) is 46.7 Å². The van der Waals surface area contributed by atoms with Gasteiger partial charge in [0.2, 0.25) is 0 Å². The smallest absolute Gasteiger partial charge is 0.0876 e. The van der Waals surface area contributed by atoms with Gasteiger partial charge in [-0.1, -0.05) is 18.2 Å². The van der Waals surface area contributed by atoms with Crippen molar-refractivity contribution in [2.75, 3.05) is 12.4 Å². The van der Waals surface area contributed by atoms with Crippen LogP contribution in [0, 0.1) is 0 Å². The van der Waals surface area contributed by atoms with E-state index in [1.807, 2.05) is 0 Å². The highest BCUT2D eigenvalue weighted by atomic mass is 16.5. The number of methoxy groups -OCH3 is 1. The first-order valence-electron chi connectivity index (χ1n) is 5.71. The second-order valence-corrected chi connectivity index (χ2v) is 4.16. The molecule has 3 heteroatoms. The van der Waals surface area contributed by atoms with Gasteiger partial charge in [-0.05, 0) is 30.2 Å². The first-order valence-corrected chi connectivity index (χ1v) is 5.71. The third kappa shape index (κ3) is 1.89. The van der Waals surface area contributed by atoms with Crippen molar-refractivity contribution in [2.24, 2.45) is 4.99 Å². The fourth-order valence-corrected chi connectivity index (χ4v) is 2.08. The molecule has 1 heterocycles. The third-order valence-corrected chi connectivity index (χ3v) is 2.89. The Balaban J connectivity index is 2.02. The van der Waals surface area contributed by atoms with Crippen molar-refractivity contribution in [3.63, 3.8) is 0 Å². The number of benzene rings is 1. The Bertz CT molecular complexity index is 541. The summed E-state index contributed by atoms with van der Waals surface area (Å²) in [4.78, 5) is 4.65. The lowest BCUT2D eigenvalue weighted by atomic mass is 10.1. The van der Waals surface area contributed by atoms with Crippen molar-refractivity contribution in [1.29, 1.82) is 0 Å². The normalized spacial score (nSPS) is 16.5. The number of rotatable bonds is 2. The summed E-state index contributed by atoms with van der Waals surface area (Å²) in [6.45, 7) is 0.622. The molecule has 3 rings (SSSR count). The number of nitrogens with one attached hydrogen (secondary N) is 1. The first kappa shape index (κ1) is 10.3. The Morgan fingerprint density at radius 2 is 2.35 bits per heavy atom. The molecule has 1 aliphatic heterocycles. The van der Waals surface area contributed by atoms with Crippen LogP contribution >= 0.6 is 0 Å². The summed E-state index contributed by atoms with van der Waals surface area (Å²) in [6.07, 6.45) is 7.31. The maximum atomic E-state index is 5.13. The highest BCUT2D eigenvalue weighted by molar-refractivity contribution is 6.14. The van der Waals surface area contributed by atoms with Gasteiger partial charge in [0, 0.05) is 7.11 Å². The number of fused-ring (bicyclic) bond motifs is 2. The molecule has 1 N–H and O–H groups in total. The number of hydrogen-bond acceptors (Lipinski definition) is 3. The van der Waals surface area contributed by atoms with Crippen LogP contribution in [0.4, 0.5) is 11.4 Å². The lowest BCUT2D eigenvalue weighted by Gasteiger charge is -2.21. The molecule has 0 unspecified atom stereocenters. The summed E-state index contributed by atoms with van der Waals surface area (Å²) >= 11 is 0. The standard InChI is InChI=1S/C14H14N2O/c1-17-9-10-6-7-13-14(8-10)16-12-5-3-2-4-11(12)15-13/h3-8,15H,2,9H2,1H3. The molecule has 3 nitrogen and oxygen atoms in total. The Kier molecular flexibility index (Phi) is 2.53. The maximum Gasteiger partial charge on any atom is 0.0876 e. The minimum atomic E-state index is 0.622. The molecule has 1 aromatic carbocycles. The SMILES string of the molecule is COCc1ccc2c(c1)N=C1C=CCC=C1N2. The molecule has 0 saturated heterocycles. The van der Waals surface area contributed by atoms with Crippen LogP contribution < -0.4 is 5.32 Å². The summed E-state index contributed by atoms with van der Waals surface area (Å²) in [5, 5.41) is 3.41. The van der Waals surface area contributed by atoms with Gasteiger partial charge >= 0.3 is 0 Å². The third-order valence-electron chi connectivity index (χ3n) is 2.89. The summed E-state index contributed by atoms with van der Waals surface area (Å²) < 4.78 is 5.13. The van der Waals surface area contributed by atoms with Crippen LogP contribution in [0.25, 0.3) is 0 Å². The lowest BCUT2D eigenvalue weighted by molar-refractivity contribution is 0.185. The Morgan fingerprint density at radius 3 is 3.24 bits per heavy atom. The molecule has 0 amide bonds. The molecule has 2 aliphatic rings. The van der Waals surface area contributed by atoms with Crippen LogP contribution in [0.1, 0.15) is 12.0 Å². The topological polar surface area (TPSA) is 33.6 Å². The average Bonchev–Trinajstić information content (AvgIpc) is 2.36. The molecule has 1 aliphatic carbocycles. The van der Waals surface area contributed by atoms with E-state index in [0.29, 0.717) is 6.61 Å². The van der Waals surface area contributed by atoms with E-state index in [4.69, 9.17) is 4.74 Å². The molecule has 0 radical (unpaired) electrons. The summed E-state index contributed by atoms with van der Waals surface area (Å²) in [6, 6.07) is 6.19. The quantitative estimate of drug-likeness (QED) is 0.840. The van der Waals surface area contributed by atoms with Crippen molar-refractivity contribution in [3.05, 3.63) is 47.7 Å². The van der Waals surface area contributed by atoms with Crippen LogP contribution in [0.15, 0.2) is 47.1 Å². The van der Waals surface area contributed by atoms with Crippen molar-refractivity contribution in [1.82, 2.24) is 0 Å². The van der Waals surface area contributed by atoms with E-state index < -0.39 is 0 Å². The molecule has 0 atom stereocenters. The fourth-order valence-electron chi connectivity index (χ4n) is 2.08. The zero-order valence-corrected chi connectivity index (χ0v) is 9.73. The van der Waals surface area contributed by atoms with Crippen LogP contribution in [-0.4, -0.2) is 12.8 Å². The summed E-state index contributed by atoms with van der Waals surface area (Å²) in [5.74, 6) is 0. The zero-order valence-electron chi connectivity index (χ0n) is 9.73. The minimum Gasteiger partial charge on any atom is -0.380 e. The predicted molar refractivity (Wildman–Crippen MR) is 69.7 cm³/mol. The summed E-state index contributed by atoms with van der Waals surface area (Å²) in [7, 11) is 1.70. The highest BCUT2D eigenvalue weighted by Crippen LogP contribution is 2.33. The second kappa shape index (κ2) is 4.18. The second-order valence-electron chi connectivity index (χ2n) is 4.16. The van der Waals surface area contributed by atoms with Crippen LogP contribution in [0.5, 0.6) is 0 Å². The molecule has 0 aromatic heterocycles. The van der Waals surface area contributed by atoms with Crippen molar-refractivity contribution < 1.29 is 4.74 Å². The van der Waals surface area contributed by atoms with E-state index >= 15 is 0 Å². The van der Waals surface area contributed by atoms with Crippen molar-refractivity contribution in [3.8, 4) is 0 Å². The van der Waals surface area contributed by atoms with Gasteiger partial charge in [-0.25, -0.2) is 4.99 Å². The van der Waals surface area contributed by atoms with Crippen LogP contribution in [-0.2, 0) is 11.3 Å². The average molecular weight is 226 g/mol. The van der Waals surface area contributed by atoms with E-state index in [1.54, 1.807) is 7.11 Å². The number of anilines is 1. The number of hydrogen-bond donors (Lipinski definition) is 1. The molecule has 0 bridgehead atoms. The van der Waals surface area contributed by atoms with Gasteiger partial charge in [0.05, 0.1) is 29.4 Å². The lowest BCUT2D eigenvalue weighted by Crippen LogP contribution is -2.15. The van der Waals surface area contributed by atoms with Crippen LogP contribution in [0.3, 0.4) is 0 Å². The molecular formula is C14H14N2O. The molecule has 0 spiro atoms. The zero-order chi connectivity index (χ0) is 11.7. The Morgan fingerprint density at radius 1 is 1.41 bits per heavy atom. The number of ether oxygens (including phenoxy) is 1. The van der Waals surface area contributed by atoms with Gasteiger partial charge in [0.25, 0.3) is 0 Å². The first-order chi connectivity index (χ1) is 8.36.